The van der Waals surface area contributed by atoms with E-state index in [-0.39, 0.29) is 5.92 Å². The number of hydrogen-bond donors (Lipinski definition) is 0. The number of aldehydes is 1. The summed E-state index contributed by atoms with van der Waals surface area (Å²) < 4.78 is 0. The molecule has 0 saturated heterocycles. The smallest absolute Gasteiger partial charge is 0.127 e. The number of benzene rings is 1. The molecule has 0 aliphatic heterocycles. The van der Waals surface area contributed by atoms with Crippen molar-refractivity contribution in [1.29, 1.82) is 0 Å². The van der Waals surface area contributed by atoms with Gasteiger partial charge in [0.25, 0.3) is 0 Å². The molecule has 0 aliphatic carbocycles. The van der Waals surface area contributed by atoms with Crippen LogP contribution in [0.3, 0.4) is 0 Å². The van der Waals surface area contributed by atoms with Gasteiger partial charge < -0.3 is 4.79 Å². The van der Waals surface area contributed by atoms with E-state index in [1.165, 1.54) is 0 Å². The van der Waals surface area contributed by atoms with Crippen LogP contribution in [0.25, 0.3) is 0 Å². The van der Waals surface area contributed by atoms with Gasteiger partial charge in [0.05, 0.1) is 0 Å². The van der Waals surface area contributed by atoms with E-state index >= 15 is 0 Å². The molecule has 0 aromatic heterocycles. The molecule has 0 bridgehead atoms. The molecule has 2 heteroatoms. The average molecular weight is 183 g/mol. The molecular weight excluding hydrogens is 172 g/mol. The Morgan fingerprint density at radius 2 is 2.17 bits per heavy atom. The van der Waals surface area contributed by atoms with Crippen molar-refractivity contribution < 1.29 is 4.79 Å². The summed E-state index contributed by atoms with van der Waals surface area (Å²) in [5, 5.41) is 0.676. The molecule has 1 rings (SSSR count). The van der Waals surface area contributed by atoms with E-state index in [1.54, 1.807) is 0 Å². The fourth-order valence-electron chi connectivity index (χ4n) is 1.29. The summed E-state index contributed by atoms with van der Waals surface area (Å²) in [7, 11) is 0. The van der Waals surface area contributed by atoms with Crippen molar-refractivity contribution in [2.75, 3.05) is 0 Å². The minimum atomic E-state index is -0.112. The lowest BCUT2D eigenvalue weighted by Gasteiger charge is -2.09. The minimum absolute atomic E-state index is 0.112. The molecule has 64 valence electrons. The summed E-state index contributed by atoms with van der Waals surface area (Å²) in [6.07, 6.45) is 0.911. The van der Waals surface area contributed by atoms with Crippen molar-refractivity contribution in [3.63, 3.8) is 0 Å². The molecular formula is C10H11ClO. The molecule has 0 spiro atoms. The first-order valence-electron chi connectivity index (χ1n) is 3.87. The minimum Gasteiger partial charge on any atom is -0.303 e. The van der Waals surface area contributed by atoms with Gasteiger partial charge in [-0.05, 0) is 24.1 Å². The van der Waals surface area contributed by atoms with Crippen molar-refractivity contribution in [3.8, 4) is 0 Å². The topological polar surface area (TPSA) is 17.1 Å². The van der Waals surface area contributed by atoms with Gasteiger partial charge in [0, 0.05) is 10.9 Å². The first-order valence-corrected chi connectivity index (χ1v) is 4.25. The zero-order valence-electron chi connectivity index (χ0n) is 7.17. The molecule has 1 atom stereocenters. The van der Waals surface area contributed by atoms with E-state index in [0.717, 1.165) is 17.4 Å². The van der Waals surface area contributed by atoms with Gasteiger partial charge in [-0.3, -0.25) is 0 Å². The third-order valence-corrected chi connectivity index (χ3v) is 2.26. The van der Waals surface area contributed by atoms with Gasteiger partial charge in [-0.2, -0.15) is 0 Å². The molecule has 0 fully saturated rings. The van der Waals surface area contributed by atoms with Gasteiger partial charge in [0.15, 0.2) is 0 Å². The number of carbonyl (C=O) groups is 1. The maximum atomic E-state index is 10.6. The number of hydrogen-bond acceptors (Lipinski definition) is 1. The molecule has 0 aliphatic rings. The van der Waals surface area contributed by atoms with Gasteiger partial charge in [-0.15, -0.1) is 0 Å². The Morgan fingerprint density at radius 1 is 1.50 bits per heavy atom. The second-order valence-corrected chi connectivity index (χ2v) is 3.30. The first kappa shape index (κ1) is 9.27. The molecule has 1 unspecified atom stereocenters. The summed E-state index contributed by atoms with van der Waals surface area (Å²) in [5.74, 6) is -0.112. The molecule has 0 radical (unpaired) electrons. The normalized spacial score (nSPS) is 12.6. The Morgan fingerprint density at radius 3 is 2.67 bits per heavy atom. The van der Waals surface area contributed by atoms with Gasteiger partial charge in [0.2, 0.25) is 0 Å². The number of carbonyl (C=O) groups excluding carboxylic acids is 1. The SMILES string of the molecule is Cc1cccc(Cl)c1C(C)C=O. The van der Waals surface area contributed by atoms with Crippen LogP contribution in [0, 0.1) is 6.92 Å². The van der Waals surface area contributed by atoms with Crippen molar-refractivity contribution >= 4 is 17.9 Å². The van der Waals surface area contributed by atoms with E-state index < -0.39 is 0 Å². The van der Waals surface area contributed by atoms with E-state index in [2.05, 4.69) is 0 Å². The fourth-order valence-corrected chi connectivity index (χ4v) is 1.68. The Bertz CT molecular complexity index is 274. The first-order chi connectivity index (χ1) is 5.66. The number of rotatable bonds is 2. The Hall–Kier alpha value is -0.820. The van der Waals surface area contributed by atoms with Crippen molar-refractivity contribution in [2.45, 2.75) is 19.8 Å². The number of halogens is 1. The lowest BCUT2D eigenvalue weighted by Crippen LogP contribution is -1.98. The van der Waals surface area contributed by atoms with Crippen LogP contribution >= 0.6 is 11.6 Å². The second kappa shape index (κ2) is 3.72. The maximum absolute atomic E-state index is 10.6. The summed E-state index contributed by atoms with van der Waals surface area (Å²) in [6, 6.07) is 5.66. The standard InChI is InChI=1S/C10H11ClO/c1-7-4-3-5-9(11)10(7)8(2)6-12/h3-6,8H,1-2H3. The highest BCUT2D eigenvalue weighted by Crippen LogP contribution is 2.25. The zero-order valence-corrected chi connectivity index (χ0v) is 7.93. The van der Waals surface area contributed by atoms with Crippen LogP contribution in [0.4, 0.5) is 0 Å². The van der Waals surface area contributed by atoms with E-state index in [0.29, 0.717) is 5.02 Å². The van der Waals surface area contributed by atoms with Gasteiger partial charge in [-0.1, -0.05) is 30.7 Å². The molecule has 1 aromatic carbocycles. The van der Waals surface area contributed by atoms with Crippen LogP contribution in [0.5, 0.6) is 0 Å². The van der Waals surface area contributed by atoms with Crippen molar-refractivity contribution in [1.82, 2.24) is 0 Å². The lowest BCUT2D eigenvalue weighted by molar-refractivity contribution is -0.108. The number of aryl methyl sites for hydroxylation is 1. The van der Waals surface area contributed by atoms with Crippen LogP contribution in [0.2, 0.25) is 5.02 Å². The highest BCUT2D eigenvalue weighted by Gasteiger charge is 2.10. The summed E-state index contributed by atoms with van der Waals surface area (Å²) in [4.78, 5) is 10.6. The summed E-state index contributed by atoms with van der Waals surface area (Å²) >= 11 is 5.94. The maximum Gasteiger partial charge on any atom is 0.127 e. The Balaban J connectivity index is 3.20. The third-order valence-electron chi connectivity index (χ3n) is 1.93. The predicted molar refractivity (Wildman–Crippen MR) is 50.7 cm³/mol. The highest BCUT2D eigenvalue weighted by molar-refractivity contribution is 6.31. The van der Waals surface area contributed by atoms with E-state index in [4.69, 9.17) is 11.6 Å². The summed E-state index contributed by atoms with van der Waals surface area (Å²) in [5.41, 5.74) is 2.01. The highest BCUT2D eigenvalue weighted by atomic mass is 35.5. The molecule has 0 heterocycles. The molecule has 0 amide bonds. The summed E-state index contributed by atoms with van der Waals surface area (Å²) in [6.45, 7) is 3.81. The lowest BCUT2D eigenvalue weighted by atomic mass is 9.98. The van der Waals surface area contributed by atoms with Gasteiger partial charge in [0.1, 0.15) is 6.29 Å². The van der Waals surface area contributed by atoms with Crippen LogP contribution in [0.15, 0.2) is 18.2 Å². The van der Waals surface area contributed by atoms with Crippen molar-refractivity contribution in [2.24, 2.45) is 0 Å². The molecule has 0 N–H and O–H groups in total. The Labute approximate surface area is 77.4 Å². The van der Waals surface area contributed by atoms with E-state index in [1.807, 2.05) is 32.0 Å². The third kappa shape index (κ3) is 1.67. The molecule has 1 nitrogen and oxygen atoms in total. The van der Waals surface area contributed by atoms with Gasteiger partial charge >= 0.3 is 0 Å². The Kier molecular flexibility index (Phi) is 2.88. The van der Waals surface area contributed by atoms with Crippen LogP contribution in [-0.2, 0) is 4.79 Å². The quantitative estimate of drug-likeness (QED) is 0.643. The van der Waals surface area contributed by atoms with Crippen LogP contribution in [-0.4, -0.2) is 6.29 Å². The predicted octanol–water partition coefficient (Wildman–Crippen LogP) is 2.95. The second-order valence-electron chi connectivity index (χ2n) is 2.90. The van der Waals surface area contributed by atoms with Gasteiger partial charge in [-0.25, -0.2) is 0 Å². The van der Waals surface area contributed by atoms with Crippen molar-refractivity contribution in [3.05, 3.63) is 34.3 Å². The van der Waals surface area contributed by atoms with E-state index in [9.17, 15) is 4.79 Å². The zero-order chi connectivity index (χ0) is 9.14. The molecule has 12 heavy (non-hydrogen) atoms. The largest absolute Gasteiger partial charge is 0.303 e. The molecule has 1 aromatic rings. The average Bonchev–Trinajstić information content (AvgIpc) is 2.03. The monoisotopic (exact) mass is 182 g/mol. The van der Waals surface area contributed by atoms with Crippen LogP contribution < -0.4 is 0 Å². The fraction of sp³-hybridized carbons (Fsp3) is 0.300. The van der Waals surface area contributed by atoms with Crippen LogP contribution in [0.1, 0.15) is 24.0 Å². The molecule has 0 saturated carbocycles.